The summed E-state index contributed by atoms with van der Waals surface area (Å²) in [7, 11) is 10.6. The van der Waals surface area contributed by atoms with Crippen LogP contribution in [-0.2, 0) is 16.2 Å². The van der Waals surface area contributed by atoms with Crippen molar-refractivity contribution in [3.63, 3.8) is 0 Å². The quantitative estimate of drug-likeness (QED) is 0.236. The third kappa shape index (κ3) is 8.73. The summed E-state index contributed by atoms with van der Waals surface area (Å²) < 4.78 is 0. The fraction of sp³-hybridized carbons (Fsp3) is 0.263. The van der Waals surface area contributed by atoms with Gasteiger partial charge < -0.3 is 0 Å². The van der Waals surface area contributed by atoms with E-state index in [4.69, 9.17) is 17.0 Å². The molecule has 0 nitrogen and oxygen atoms in total. The van der Waals surface area contributed by atoms with Crippen LogP contribution in [0.1, 0.15) is 16.7 Å². The van der Waals surface area contributed by atoms with Crippen LogP contribution in [0.25, 0.3) is 10.8 Å². The van der Waals surface area contributed by atoms with Crippen molar-refractivity contribution in [2.24, 2.45) is 0 Å². The first kappa shape index (κ1) is 21.2. The molecule has 4 heteroatoms. The SMILES string of the molecule is Cc1c[cH-]c(C)c1.Cc1cc2ccccc2[cH-]1.[CH3][Ge]([CH3])=[Zr]([Cl])[Cl]. The van der Waals surface area contributed by atoms with Gasteiger partial charge in [-0.15, -0.1) is 40.6 Å². The Morgan fingerprint density at radius 3 is 1.96 bits per heavy atom. The van der Waals surface area contributed by atoms with E-state index in [1.807, 2.05) is 0 Å². The summed E-state index contributed by atoms with van der Waals surface area (Å²) in [6.07, 6.45) is 0. The fourth-order valence-corrected chi connectivity index (χ4v) is 2.02. The molecule has 0 amide bonds. The minimum atomic E-state index is -1.59. The maximum atomic E-state index is 5.65. The van der Waals surface area contributed by atoms with Crippen molar-refractivity contribution in [2.75, 3.05) is 0 Å². The average Bonchev–Trinajstić information content (AvgIpc) is 3.03. The monoisotopic (exact) mass is 486 g/mol. The molecule has 0 saturated carbocycles. The standard InChI is InChI=1S/C10H9.C7H9.C2H6Ge.2ClH.Zr/c1-8-6-9-4-2-3-5-10(9)7-8;1-6-3-4-7(2)5-6;1-3-2;;;/h2-7H,1H3;3-5H,1-2H3;1-2H3;2*1H;/q2*-1;;;;+2/p-2. The minimum absolute atomic E-state index is 0.735. The molecule has 3 aromatic rings. The van der Waals surface area contributed by atoms with E-state index < -0.39 is 26.2 Å². The first-order valence-electron chi connectivity index (χ1n) is 7.60. The molecular formula is C19H24Cl2GeZr-2. The summed E-state index contributed by atoms with van der Waals surface area (Å²) in [6.45, 7) is 6.33. The van der Waals surface area contributed by atoms with E-state index in [0.717, 1.165) is 0 Å². The zero-order chi connectivity index (χ0) is 17.4. The van der Waals surface area contributed by atoms with Crippen molar-refractivity contribution >= 4 is 37.8 Å². The number of benzene rings is 1. The van der Waals surface area contributed by atoms with Crippen LogP contribution in [0.5, 0.6) is 0 Å². The van der Waals surface area contributed by atoms with Crippen molar-refractivity contribution < 1.29 is 16.2 Å². The summed E-state index contributed by atoms with van der Waals surface area (Å²) in [6, 6.07) is 19.2. The molecule has 0 aliphatic carbocycles. The van der Waals surface area contributed by atoms with Gasteiger partial charge in [-0.1, -0.05) is 26.8 Å². The summed E-state index contributed by atoms with van der Waals surface area (Å²) >= 11 is -1.59. The Morgan fingerprint density at radius 1 is 0.957 bits per heavy atom. The van der Waals surface area contributed by atoms with E-state index in [0.29, 0.717) is 0 Å². The predicted octanol–water partition coefficient (Wildman–Crippen LogP) is 7.05. The molecule has 0 aromatic heterocycles. The van der Waals surface area contributed by atoms with Gasteiger partial charge >= 0.3 is 54.8 Å². The third-order valence-electron chi connectivity index (χ3n) is 3.20. The van der Waals surface area contributed by atoms with Crippen LogP contribution in [0.2, 0.25) is 11.5 Å². The van der Waals surface area contributed by atoms with E-state index in [2.05, 4.69) is 86.9 Å². The van der Waals surface area contributed by atoms with Crippen LogP contribution in [-0.4, -0.2) is 9.98 Å². The van der Waals surface area contributed by atoms with Crippen LogP contribution >= 0.6 is 17.0 Å². The van der Waals surface area contributed by atoms with Gasteiger partial charge in [0.1, 0.15) is 0 Å². The van der Waals surface area contributed by atoms with Crippen molar-refractivity contribution in [2.45, 2.75) is 32.3 Å². The second kappa shape index (κ2) is 10.9. The fourth-order valence-electron chi connectivity index (χ4n) is 2.02. The molecule has 0 aliphatic rings. The van der Waals surface area contributed by atoms with Gasteiger partial charge in [0.05, 0.1) is 0 Å². The first-order valence-corrected chi connectivity index (χ1v) is 25.6. The molecule has 0 spiro atoms. The Morgan fingerprint density at radius 2 is 1.57 bits per heavy atom. The van der Waals surface area contributed by atoms with E-state index in [1.165, 1.54) is 27.5 Å². The third-order valence-corrected chi connectivity index (χ3v) is 37.7. The van der Waals surface area contributed by atoms with Crippen molar-refractivity contribution in [3.05, 3.63) is 71.3 Å². The maximum absolute atomic E-state index is 5.65. The number of aryl methyl sites for hydroxylation is 3. The average molecular weight is 487 g/mol. The molecular weight excluding hydrogens is 463 g/mol. The van der Waals surface area contributed by atoms with Gasteiger partial charge in [-0.3, -0.25) is 0 Å². The van der Waals surface area contributed by atoms with Gasteiger partial charge in [-0.05, 0) is 0 Å². The Balaban J connectivity index is 0.000000181. The normalized spacial score (nSPS) is 9.52. The summed E-state index contributed by atoms with van der Waals surface area (Å²) in [5.41, 5.74) is 4.07. The Kier molecular flexibility index (Phi) is 10.1. The van der Waals surface area contributed by atoms with E-state index in [9.17, 15) is 0 Å². The molecule has 0 unspecified atom stereocenters. The van der Waals surface area contributed by atoms with Crippen LogP contribution in [0.15, 0.2) is 54.6 Å². The number of hydrogen-bond donors (Lipinski definition) is 0. The molecule has 0 aliphatic heterocycles. The molecule has 0 radical (unpaired) electrons. The van der Waals surface area contributed by atoms with Crippen LogP contribution in [0.4, 0.5) is 0 Å². The van der Waals surface area contributed by atoms with Gasteiger partial charge in [0.15, 0.2) is 0 Å². The zero-order valence-electron chi connectivity index (χ0n) is 14.5. The molecule has 0 fully saturated rings. The molecule has 0 saturated heterocycles. The number of rotatable bonds is 0. The number of fused-ring (bicyclic) bond motifs is 1. The summed E-state index contributed by atoms with van der Waals surface area (Å²) in [4.78, 5) is 0. The van der Waals surface area contributed by atoms with Gasteiger partial charge in [0.25, 0.3) is 0 Å². The Bertz CT molecular complexity index is 701. The van der Waals surface area contributed by atoms with E-state index >= 15 is 0 Å². The topological polar surface area (TPSA) is 0 Å². The number of hydrogen-bond acceptors (Lipinski definition) is 0. The molecule has 0 heterocycles. The second-order valence-corrected chi connectivity index (χ2v) is 43.8. The van der Waals surface area contributed by atoms with Gasteiger partial charge in [0.2, 0.25) is 0 Å². The Hall–Kier alpha value is 0.186. The van der Waals surface area contributed by atoms with E-state index in [-0.39, 0.29) is 0 Å². The summed E-state index contributed by atoms with van der Waals surface area (Å²) in [5, 5.41) is 2.69. The van der Waals surface area contributed by atoms with Crippen LogP contribution in [0.3, 0.4) is 0 Å². The number of halogens is 2. The molecule has 124 valence electrons. The Labute approximate surface area is 156 Å². The molecule has 0 bridgehead atoms. The molecule has 23 heavy (non-hydrogen) atoms. The van der Waals surface area contributed by atoms with Crippen LogP contribution in [0, 0.1) is 20.8 Å². The van der Waals surface area contributed by atoms with Gasteiger partial charge in [-0.25, -0.2) is 11.6 Å². The molecule has 3 aromatic carbocycles. The van der Waals surface area contributed by atoms with Crippen molar-refractivity contribution in [1.29, 1.82) is 0 Å². The van der Waals surface area contributed by atoms with Crippen LogP contribution < -0.4 is 0 Å². The second-order valence-electron chi connectivity index (χ2n) is 5.89. The molecule has 3 rings (SSSR count). The molecule has 0 N–H and O–H groups in total. The molecule has 0 atom stereocenters. The van der Waals surface area contributed by atoms with E-state index in [1.54, 1.807) is 0 Å². The van der Waals surface area contributed by atoms with Gasteiger partial charge in [-0.2, -0.15) is 23.8 Å². The van der Waals surface area contributed by atoms with Gasteiger partial charge in [0, 0.05) is 0 Å². The zero-order valence-corrected chi connectivity index (χ0v) is 20.5. The van der Waals surface area contributed by atoms with Crippen molar-refractivity contribution in [3.8, 4) is 0 Å². The predicted molar refractivity (Wildman–Crippen MR) is 105 cm³/mol. The first-order chi connectivity index (χ1) is 10.8. The van der Waals surface area contributed by atoms with Crippen molar-refractivity contribution in [1.82, 2.24) is 0 Å². The summed E-state index contributed by atoms with van der Waals surface area (Å²) in [5.74, 6) is 4.46.